The average molecular weight is 186 g/mol. The number of aryl methyl sites for hydroxylation is 1. The molecule has 0 atom stereocenters. The second-order valence-electron chi connectivity index (χ2n) is 3.88. The van der Waals surface area contributed by atoms with E-state index in [-0.39, 0.29) is 0 Å². The second kappa shape index (κ2) is 4.80. The molecule has 0 aromatic heterocycles. The summed E-state index contributed by atoms with van der Waals surface area (Å²) in [5.41, 5.74) is 3.95. The minimum atomic E-state index is 0.538. The highest BCUT2D eigenvalue weighted by Gasteiger charge is 2.04. The summed E-state index contributed by atoms with van der Waals surface area (Å²) >= 11 is 0. The van der Waals surface area contributed by atoms with E-state index < -0.39 is 0 Å². The van der Waals surface area contributed by atoms with E-state index in [1.165, 1.54) is 16.7 Å². The zero-order chi connectivity index (χ0) is 10.6. The normalized spacial score (nSPS) is 11.9. The Morgan fingerprint density at radius 1 is 1.21 bits per heavy atom. The lowest BCUT2D eigenvalue weighted by atomic mass is 9.94. The maximum absolute atomic E-state index is 3.75. The largest absolute Gasteiger partial charge is 0.0991 e. The molecule has 0 amide bonds. The van der Waals surface area contributed by atoms with Crippen molar-refractivity contribution in [2.45, 2.75) is 20.8 Å². The van der Waals surface area contributed by atoms with Crippen molar-refractivity contribution in [3.05, 3.63) is 54.1 Å². The first kappa shape index (κ1) is 10.8. The quantitative estimate of drug-likeness (QED) is 0.620. The van der Waals surface area contributed by atoms with E-state index in [0.29, 0.717) is 5.92 Å². The predicted molar refractivity (Wildman–Crippen MR) is 64.2 cm³/mol. The van der Waals surface area contributed by atoms with Gasteiger partial charge in [0.1, 0.15) is 0 Å². The van der Waals surface area contributed by atoms with Crippen LogP contribution in [0, 0.1) is 12.8 Å². The maximum Gasteiger partial charge on any atom is -0.0213 e. The molecule has 74 valence electrons. The van der Waals surface area contributed by atoms with Gasteiger partial charge in [-0.25, -0.2) is 0 Å². The van der Waals surface area contributed by atoms with Gasteiger partial charge in [0.2, 0.25) is 0 Å². The standard InChI is InChI=1S/C14H18/c1-5-6-14(11(2)3)13-9-7-12(4)8-10-13/h5-11H,1H2,2-4H3. The van der Waals surface area contributed by atoms with Crippen molar-refractivity contribution in [3.8, 4) is 0 Å². The van der Waals surface area contributed by atoms with Gasteiger partial charge in [-0.05, 0) is 24.0 Å². The Kier molecular flexibility index (Phi) is 3.70. The van der Waals surface area contributed by atoms with Crippen molar-refractivity contribution in [3.63, 3.8) is 0 Å². The molecule has 0 heteroatoms. The zero-order valence-corrected chi connectivity index (χ0v) is 9.25. The fourth-order valence-corrected chi connectivity index (χ4v) is 1.49. The minimum Gasteiger partial charge on any atom is -0.0991 e. The molecule has 1 rings (SSSR count). The summed E-state index contributed by atoms with van der Waals surface area (Å²) in [5, 5.41) is 0. The number of rotatable bonds is 3. The van der Waals surface area contributed by atoms with E-state index in [1.54, 1.807) is 0 Å². The fourth-order valence-electron chi connectivity index (χ4n) is 1.49. The molecule has 0 spiro atoms. The Balaban J connectivity index is 3.06. The molecule has 0 aliphatic carbocycles. The van der Waals surface area contributed by atoms with Gasteiger partial charge in [0, 0.05) is 0 Å². The molecule has 0 bridgehead atoms. The molecular weight excluding hydrogens is 168 g/mol. The van der Waals surface area contributed by atoms with Gasteiger partial charge < -0.3 is 0 Å². The first-order valence-corrected chi connectivity index (χ1v) is 5.04. The highest BCUT2D eigenvalue weighted by atomic mass is 14.1. The Morgan fingerprint density at radius 3 is 2.21 bits per heavy atom. The maximum atomic E-state index is 3.75. The van der Waals surface area contributed by atoms with Gasteiger partial charge in [-0.15, -0.1) is 0 Å². The van der Waals surface area contributed by atoms with Crippen LogP contribution in [0.3, 0.4) is 0 Å². The minimum absolute atomic E-state index is 0.538. The van der Waals surface area contributed by atoms with E-state index in [0.717, 1.165) is 0 Å². The van der Waals surface area contributed by atoms with Gasteiger partial charge >= 0.3 is 0 Å². The molecule has 0 saturated carbocycles. The highest BCUT2D eigenvalue weighted by molar-refractivity contribution is 5.68. The van der Waals surface area contributed by atoms with Crippen molar-refractivity contribution in [1.29, 1.82) is 0 Å². The zero-order valence-electron chi connectivity index (χ0n) is 9.25. The summed E-state index contributed by atoms with van der Waals surface area (Å²) in [6.07, 6.45) is 3.95. The van der Waals surface area contributed by atoms with Crippen molar-refractivity contribution in [2.24, 2.45) is 5.92 Å². The molecule has 0 aliphatic heterocycles. The van der Waals surface area contributed by atoms with E-state index in [9.17, 15) is 0 Å². The molecular formula is C14H18. The van der Waals surface area contributed by atoms with Crippen LogP contribution in [0.4, 0.5) is 0 Å². The number of hydrogen-bond acceptors (Lipinski definition) is 0. The second-order valence-corrected chi connectivity index (χ2v) is 3.88. The van der Waals surface area contributed by atoms with Crippen molar-refractivity contribution in [1.82, 2.24) is 0 Å². The van der Waals surface area contributed by atoms with E-state index in [4.69, 9.17) is 0 Å². The molecule has 0 heterocycles. The van der Waals surface area contributed by atoms with Crippen LogP contribution in [0.25, 0.3) is 5.57 Å². The molecule has 0 N–H and O–H groups in total. The lowest BCUT2D eigenvalue weighted by Crippen LogP contribution is -1.93. The number of allylic oxidation sites excluding steroid dienone is 3. The SMILES string of the molecule is C=CC=C(c1ccc(C)cc1)C(C)C. The van der Waals surface area contributed by atoms with Gasteiger partial charge in [-0.2, -0.15) is 0 Å². The smallest absolute Gasteiger partial charge is 0.0213 e. The summed E-state index contributed by atoms with van der Waals surface area (Å²) in [5.74, 6) is 0.538. The summed E-state index contributed by atoms with van der Waals surface area (Å²) in [7, 11) is 0. The van der Waals surface area contributed by atoms with E-state index >= 15 is 0 Å². The number of hydrogen-bond donors (Lipinski definition) is 0. The Morgan fingerprint density at radius 2 is 1.79 bits per heavy atom. The van der Waals surface area contributed by atoms with Crippen LogP contribution in [-0.4, -0.2) is 0 Å². The molecule has 0 aliphatic rings. The van der Waals surface area contributed by atoms with Gasteiger partial charge in [0.15, 0.2) is 0 Å². The molecule has 0 radical (unpaired) electrons. The van der Waals surface area contributed by atoms with Gasteiger partial charge in [-0.1, -0.05) is 62.4 Å². The van der Waals surface area contributed by atoms with Gasteiger partial charge in [0.05, 0.1) is 0 Å². The lowest BCUT2D eigenvalue weighted by Gasteiger charge is -2.11. The third-order valence-electron chi connectivity index (χ3n) is 2.30. The van der Waals surface area contributed by atoms with Crippen LogP contribution in [0.2, 0.25) is 0 Å². The Bertz CT molecular complexity index is 326. The third kappa shape index (κ3) is 2.59. The first-order valence-electron chi connectivity index (χ1n) is 5.04. The number of benzene rings is 1. The van der Waals surface area contributed by atoms with Crippen molar-refractivity contribution >= 4 is 5.57 Å². The third-order valence-corrected chi connectivity index (χ3v) is 2.30. The highest BCUT2D eigenvalue weighted by Crippen LogP contribution is 2.23. The Labute approximate surface area is 87.0 Å². The molecule has 0 saturated heterocycles. The first-order chi connectivity index (χ1) is 6.65. The van der Waals surface area contributed by atoms with Gasteiger partial charge in [-0.3, -0.25) is 0 Å². The van der Waals surface area contributed by atoms with E-state index in [2.05, 4.69) is 57.7 Å². The molecule has 1 aromatic carbocycles. The summed E-state index contributed by atoms with van der Waals surface area (Å²) in [6, 6.07) is 8.64. The topological polar surface area (TPSA) is 0 Å². The Hall–Kier alpha value is -1.30. The summed E-state index contributed by atoms with van der Waals surface area (Å²) in [6.45, 7) is 10.3. The van der Waals surface area contributed by atoms with Crippen LogP contribution in [-0.2, 0) is 0 Å². The molecule has 0 fully saturated rings. The van der Waals surface area contributed by atoms with Gasteiger partial charge in [0.25, 0.3) is 0 Å². The average Bonchev–Trinajstić information content (AvgIpc) is 2.15. The summed E-state index contributed by atoms with van der Waals surface area (Å²) < 4.78 is 0. The van der Waals surface area contributed by atoms with Crippen LogP contribution in [0.5, 0.6) is 0 Å². The monoisotopic (exact) mass is 186 g/mol. The molecule has 14 heavy (non-hydrogen) atoms. The van der Waals surface area contributed by atoms with Crippen LogP contribution in [0.15, 0.2) is 43.0 Å². The summed E-state index contributed by atoms with van der Waals surface area (Å²) in [4.78, 5) is 0. The van der Waals surface area contributed by atoms with Crippen LogP contribution < -0.4 is 0 Å². The lowest BCUT2D eigenvalue weighted by molar-refractivity contribution is 0.855. The van der Waals surface area contributed by atoms with Crippen molar-refractivity contribution in [2.75, 3.05) is 0 Å². The van der Waals surface area contributed by atoms with Crippen molar-refractivity contribution < 1.29 is 0 Å². The predicted octanol–water partition coefficient (Wildman–Crippen LogP) is 4.22. The molecule has 1 aromatic rings. The van der Waals surface area contributed by atoms with Crippen LogP contribution in [0.1, 0.15) is 25.0 Å². The van der Waals surface area contributed by atoms with E-state index in [1.807, 2.05) is 6.08 Å². The molecule has 0 unspecified atom stereocenters. The van der Waals surface area contributed by atoms with Crippen LogP contribution >= 0.6 is 0 Å². The molecule has 0 nitrogen and oxygen atoms in total. The fraction of sp³-hybridized carbons (Fsp3) is 0.286.